The number of rotatable bonds is 7. The smallest absolute Gasteiger partial charge is 0.227 e. The largest absolute Gasteiger partial charge is 0.497 e. The van der Waals surface area contributed by atoms with E-state index in [2.05, 4.69) is 20.6 Å². The van der Waals surface area contributed by atoms with Crippen LogP contribution < -0.4 is 15.4 Å². The van der Waals surface area contributed by atoms with Crippen LogP contribution in [0, 0.1) is 0 Å². The van der Waals surface area contributed by atoms with Gasteiger partial charge >= 0.3 is 0 Å². The first-order chi connectivity index (χ1) is 11.8. The highest BCUT2D eigenvalue weighted by Crippen LogP contribution is 2.23. The summed E-state index contributed by atoms with van der Waals surface area (Å²) < 4.78 is 5.15. The summed E-state index contributed by atoms with van der Waals surface area (Å²) in [7, 11) is 1.64. The van der Waals surface area contributed by atoms with Gasteiger partial charge in [0, 0.05) is 36.1 Å². The number of aromatic nitrogens is 2. The second-order valence-electron chi connectivity index (χ2n) is 5.29. The number of nitrogens with zero attached hydrogens (tertiary/aromatic N) is 2. The highest BCUT2D eigenvalue weighted by atomic mass is 16.5. The minimum absolute atomic E-state index is 0.171. The summed E-state index contributed by atoms with van der Waals surface area (Å²) in [6, 6.07) is 13.5. The van der Waals surface area contributed by atoms with Gasteiger partial charge in [0.2, 0.25) is 5.95 Å². The average molecular weight is 324 g/mol. The number of hydrogen-bond donors (Lipinski definition) is 3. The quantitative estimate of drug-likeness (QED) is 0.579. The summed E-state index contributed by atoms with van der Waals surface area (Å²) in [4.78, 5) is 8.95. The van der Waals surface area contributed by atoms with Crippen molar-refractivity contribution in [2.45, 2.75) is 6.42 Å². The zero-order valence-corrected chi connectivity index (χ0v) is 13.5. The molecule has 6 heteroatoms. The lowest BCUT2D eigenvalue weighted by molar-refractivity contribution is 0.292. The molecule has 0 saturated heterocycles. The standard InChI is InChI=1S/C18H20N4O2/c1-24-14-8-6-13(7-9-14)21-18-20-12-15-16(19-10-3-11-23)4-2-5-17(15)22-18/h2,4-9,12,19,23H,3,10-11H2,1H3,(H,20,21,22). The van der Waals surface area contributed by atoms with Gasteiger partial charge in [-0.1, -0.05) is 6.07 Å². The number of anilines is 3. The van der Waals surface area contributed by atoms with Crippen LogP contribution in [0.15, 0.2) is 48.7 Å². The van der Waals surface area contributed by atoms with Gasteiger partial charge in [0.05, 0.1) is 12.6 Å². The Morgan fingerprint density at radius 2 is 1.96 bits per heavy atom. The molecule has 0 aliphatic heterocycles. The molecule has 0 atom stereocenters. The number of hydrogen-bond acceptors (Lipinski definition) is 6. The molecule has 1 heterocycles. The molecule has 3 aromatic rings. The summed E-state index contributed by atoms with van der Waals surface area (Å²) in [6.45, 7) is 0.881. The summed E-state index contributed by atoms with van der Waals surface area (Å²) in [5, 5.41) is 16.3. The Hall–Kier alpha value is -2.86. The van der Waals surface area contributed by atoms with Gasteiger partial charge in [0.15, 0.2) is 0 Å². The second kappa shape index (κ2) is 7.61. The van der Waals surface area contributed by atoms with Crippen molar-refractivity contribution in [1.82, 2.24) is 9.97 Å². The van der Waals surface area contributed by atoms with Crippen LogP contribution in [0.3, 0.4) is 0 Å². The zero-order chi connectivity index (χ0) is 16.8. The van der Waals surface area contributed by atoms with E-state index < -0.39 is 0 Å². The normalized spacial score (nSPS) is 10.6. The Kier molecular flexibility index (Phi) is 5.08. The van der Waals surface area contributed by atoms with Crippen molar-refractivity contribution >= 4 is 28.2 Å². The van der Waals surface area contributed by atoms with Crippen molar-refractivity contribution in [3.05, 3.63) is 48.7 Å². The molecule has 0 aliphatic carbocycles. The first-order valence-electron chi connectivity index (χ1n) is 7.82. The summed E-state index contributed by atoms with van der Waals surface area (Å²) >= 11 is 0. The minimum atomic E-state index is 0.171. The molecule has 0 bridgehead atoms. The number of aliphatic hydroxyl groups excluding tert-OH is 1. The second-order valence-corrected chi connectivity index (χ2v) is 5.29. The van der Waals surface area contributed by atoms with Crippen LogP contribution in [0.5, 0.6) is 5.75 Å². The zero-order valence-electron chi connectivity index (χ0n) is 13.5. The van der Waals surface area contributed by atoms with Crippen LogP contribution in [0.2, 0.25) is 0 Å². The number of ether oxygens (including phenoxy) is 1. The Morgan fingerprint density at radius 3 is 2.71 bits per heavy atom. The van der Waals surface area contributed by atoms with E-state index >= 15 is 0 Å². The fraction of sp³-hybridized carbons (Fsp3) is 0.222. The summed E-state index contributed by atoms with van der Waals surface area (Å²) in [6.07, 6.45) is 2.50. The molecule has 0 saturated carbocycles. The fourth-order valence-corrected chi connectivity index (χ4v) is 2.37. The Balaban J connectivity index is 1.80. The lowest BCUT2D eigenvalue weighted by Crippen LogP contribution is -2.04. The number of fused-ring (bicyclic) bond motifs is 1. The van der Waals surface area contributed by atoms with Gasteiger partial charge in [0.25, 0.3) is 0 Å². The summed E-state index contributed by atoms with van der Waals surface area (Å²) in [5.41, 5.74) is 2.72. The van der Waals surface area contributed by atoms with Crippen LogP contribution in [0.25, 0.3) is 10.9 Å². The maximum Gasteiger partial charge on any atom is 0.227 e. The highest BCUT2D eigenvalue weighted by molar-refractivity contribution is 5.91. The number of aliphatic hydroxyl groups is 1. The van der Waals surface area contributed by atoms with E-state index in [4.69, 9.17) is 9.84 Å². The number of benzene rings is 2. The Morgan fingerprint density at radius 1 is 1.12 bits per heavy atom. The van der Waals surface area contributed by atoms with Crippen LogP contribution in [-0.2, 0) is 0 Å². The van der Waals surface area contributed by atoms with Crippen LogP contribution in [-0.4, -0.2) is 35.3 Å². The number of nitrogens with one attached hydrogen (secondary N) is 2. The molecular formula is C18H20N4O2. The van der Waals surface area contributed by atoms with Gasteiger partial charge < -0.3 is 20.5 Å². The number of methoxy groups -OCH3 is 1. The minimum Gasteiger partial charge on any atom is -0.497 e. The maximum atomic E-state index is 8.89. The third-order valence-electron chi connectivity index (χ3n) is 3.62. The van der Waals surface area contributed by atoms with Gasteiger partial charge in [-0.25, -0.2) is 9.97 Å². The van der Waals surface area contributed by atoms with Crippen LogP contribution in [0.4, 0.5) is 17.3 Å². The molecule has 124 valence electrons. The molecule has 0 unspecified atom stereocenters. The van der Waals surface area contributed by atoms with Crippen LogP contribution in [0.1, 0.15) is 6.42 Å². The highest BCUT2D eigenvalue weighted by Gasteiger charge is 2.05. The monoisotopic (exact) mass is 324 g/mol. The predicted octanol–water partition coefficient (Wildman–Crippen LogP) is 3.18. The van der Waals surface area contributed by atoms with Gasteiger partial charge in [-0.3, -0.25) is 0 Å². The van der Waals surface area contributed by atoms with E-state index in [1.165, 1.54) is 0 Å². The Labute approximate surface area is 140 Å². The molecule has 1 aromatic heterocycles. The molecule has 3 N–H and O–H groups in total. The van der Waals surface area contributed by atoms with Crippen molar-refractivity contribution < 1.29 is 9.84 Å². The Bertz CT molecular complexity index is 806. The van der Waals surface area contributed by atoms with E-state index in [9.17, 15) is 0 Å². The van der Waals surface area contributed by atoms with Gasteiger partial charge in [0.1, 0.15) is 5.75 Å². The van der Waals surface area contributed by atoms with E-state index in [1.807, 2.05) is 42.5 Å². The van der Waals surface area contributed by atoms with Gasteiger partial charge in [-0.2, -0.15) is 0 Å². The summed E-state index contributed by atoms with van der Waals surface area (Å²) in [5.74, 6) is 1.35. The third kappa shape index (κ3) is 3.72. The molecule has 2 aromatic carbocycles. The molecule has 0 fully saturated rings. The molecule has 24 heavy (non-hydrogen) atoms. The van der Waals surface area contributed by atoms with E-state index in [1.54, 1.807) is 13.3 Å². The topological polar surface area (TPSA) is 79.3 Å². The fourth-order valence-electron chi connectivity index (χ4n) is 2.37. The molecule has 0 aliphatic rings. The first kappa shape index (κ1) is 16.0. The van der Waals surface area contributed by atoms with E-state index in [-0.39, 0.29) is 6.61 Å². The first-order valence-corrected chi connectivity index (χ1v) is 7.82. The molecule has 6 nitrogen and oxygen atoms in total. The lowest BCUT2D eigenvalue weighted by Gasteiger charge is -2.10. The average Bonchev–Trinajstić information content (AvgIpc) is 2.62. The van der Waals surface area contributed by atoms with Crippen molar-refractivity contribution in [3.8, 4) is 5.75 Å². The third-order valence-corrected chi connectivity index (χ3v) is 3.62. The van der Waals surface area contributed by atoms with Crippen molar-refractivity contribution in [2.75, 3.05) is 30.9 Å². The lowest BCUT2D eigenvalue weighted by atomic mass is 10.2. The molecular weight excluding hydrogens is 304 g/mol. The van der Waals surface area contributed by atoms with Crippen molar-refractivity contribution in [1.29, 1.82) is 0 Å². The van der Waals surface area contributed by atoms with Crippen molar-refractivity contribution in [2.24, 2.45) is 0 Å². The van der Waals surface area contributed by atoms with Crippen molar-refractivity contribution in [3.63, 3.8) is 0 Å². The SMILES string of the molecule is COc1ccc(Nc2ncc3c(NCCCO)cccc3n2)cc1. The van der Waals surface area contributed by atoms with Gasteiger partial charge in [-0.05, 0) is 42.8 Å². The van der Waals surface area contributed by atoms with E-state index in [0.29, 0.717) is 18.9 Å². The van der Waals surface area contributed by atoms with Crippen LogP contribution >= 0.6 is 0 Å². The van der Waals surface area contributed by atoms with E-state index in [0.717, 1.165) is 28.0 Å². The molecule has 0 spiro atoms. The maximum absolute atomic E-state index is 8.89. The van der Waals surface area contributed by atoms with Gasteiger partial charge in [-0.15, -0.1) is 0 Å². The predicted molar refractivity (Wildman–Crippen MR) is 96.0 cm³/mol. The molecule has 0 radical (unpaired) electrons. The molecule has 0 amide bonds. The molecule has 3 rings (SSSR count).